The first-order chi connectivity index (χ1) is 12.0. The van der Waals surface area contributed by atoms with Gasteiger partial charge in [0, 0.05) is 17.4 Å². The topological polar surface area (TPSA) is 62.0 Å². The van der Waals surface area contributed by atoms with Crippen molar-refractivity contribution in [2.45, 2.75) is 20.8 Å². The molecule has 2 aromatic carbocycles. The second-order valence-corrected chi connectivity index (χ2v) is 6.19. The lowest BCUT2D eigenvalue weighted by Crippen LogP contribution is -2.24. The maximum absolute atomic E-state index is 12.9. The van der Waals surface area contributed by atoms with Crippen molar-refractivity contribution in [3.8, 4) is 11.1 Å². The van der Waals surface area contributed by atoms with E-state index in [1.807, 2.05) is 63.2 Å². The highest BCUT2D eigenvalue weighted by atomic mass is 16.2. The minimum absolute atomic E-state index is 0.119. The molecule has 4 nitrogen and oxygen atoms in total. The maximum atomic E-state index is 12.9. The van der Waals surface area contributed by atoms with Crippen LogP contribution in [0.5, 0.6) is 0 Å². The van der Waals surface area contributed by atoms with Gasteiger partial charge < -0.3 is 10.3 Å². The van der Waals surface area contributed by atoms with Gasteiger partial charge in [0.15, 0.2) is 0 Å². The molecule has 0 aliphatic carbocycles. The van der Waals surface area contributed by atoms with Crippen molar-refractivity contribution < 1.29 is 4.79 Å². The summed E-state index contributed by atoms with van der Waals surface area (Å²) in [4.78, 5) is 27.8. The van der Waals surface area contributed by atoms with Crippen molar-refractivity contribution in [1.29, 1.82) is 0 Å². The number of pyridine rings is 1. The Labute approximate surface area is 146 Å². The number of aromatic amines is 1. The molecule has 0 unspecified atom stereocenters. The Morgan fingerprint density at radius 1 is 0.960 bits per heavy atom. The predicted molar refractivity (Wildman–Crippen MR) is 101 cm³/mol. The van der Waals surface area contributed by atoms with Crippen LogP contribution in [0.2, 0.25) is 0 Å². The Morgan fingerprint density at radius 2 is 1.60 bits per heavy atom. The molecule has 1 heterocycles. The number of aromatic nitrogens is 1. The summed E-state index contributed by atoms with van der Waals surface area (Å²) in [5, 5.41) is 2.91. The molecule has 2 N–H and O–H groups in total. The SMILES string of the molecule is Cc1cc(C)c(NC(=O)c2c(-c3ccccc3)cc[nH]c2=O)c(C)c1. The van der Waals surface area contributed by atoms with E-state index < -0.39 is 11.5 Å². The lowest BCUT2D eigenvalue weighted by molar-refractivity contribution is 0.102. The lowest BCUT2D eigenvalue weighted by atomic mass is 10.0. The number of amides is 1. The fourth-order valence-corrected chi connectivity index (χ4v) is 3.12. The second kappa shape index (κ2) is 6.77. The fourth-order valence-electron chi connectivity index (χ4n) is 3.12. The van der Waals surface area contributed by atoms with Crippen molar-refractivity contribution >= 4 is 11.6 Å². The summed E-state index contributed by atoms with van der Waals surface area (Å²) < 4.78 is 0. The number of aryl methyl sites for hydroxylation is 3. The molecule has 126 valence electrons. The van der Waals surface area contributed by atoms with Crippen LogP contribution in [0.25, 0.3) is 11.1 Å². The summed E-state index contributed by atoms with van der Waals surface area (Å²) in [6, 6.07) is 15.2. The van der Waals surface area contributed by atoms with Crippen LogP contribution in [0, 0.1) is 20.8 Å². The van der Waals surface area contributed by atoms with E-state index in [-0.39, 0.29) is 5.56 Å². The summed E-state index contributed by atoms with van der Waals surface area (Å²) in [5.41, 5.74) is 4.99. The van der Waals surface area contributed by atoms with Crippen LogP contribution < -0.4 is 10.9 Å². The van der Waals surface area contributed by atoms with Gasteiger partial charge in [-0.1, -0.05) is 48.0 Å². The second-order valence-electron chi connectivity index (χ2n) is 6.19. The van der Waals surface area contributed by atoms with Crippen molar-refractivity contribution in [2.75, 3.05) is 5.32 Å². The summed E-state index contributed by atoms with van der Waals surface area (Å²) in [6.07, 6.45) is 1.56. The molecule has 0 aliphatic rings. The van der Waals surface area contributed by atoms with Gasteiger partial charge in [-0.25, -0.2) is 0 Å². The van der Waals surface area contributed by atoms with E-state index >= 15 is 0 Å². The zero-order valence-electron chi connectivity index (χ0n) is 14.5. The molecule has 1 amide bonds. The van der Waals surface area contributed by atoms with E-state index in [0.717, 1.165) is 27.9 Å². The minimum atomic E-state index is -0.407. The molecular formula is C21H20N2O2. The Kier molecular flexibility index (Phi) is 4.52. The summed E-state index contributed by atoms with van der Waals surface area (Å²) in [5.74, 6) is -0.407. The molecular weight excluding hydrogens is 312 g/mol. The van der Waals surface area contributed by atoms with E-state index in [9.17, 15) is 9.59 Å². The van der Waals surface area contributed by atoms with Gasteiger partial charge in [0.2, 0.25) is 0 Å². The fraction of sp³-hybridized carbons (Fsp3) is 0.143. The predicted octanol–water partition coefficient (Wildman–Crippen LogP) is 4.22. The molecule has 0 saturated heterocycles. The molecule has 0 radical (unpaired) electrons. The molecule has 0 fully saturated rings. The van der Waals surface area contributed by atoms with E-state index in [2.05, 4.69) is 10.3 Å². The summed E-state index contributed by atoms with van der Waals surface area (Å²) in [6.45, 7) is 5.91. The lowest BCUT2D eigenvalue weighted by Gasteiger charge is -2.14. The molecule has 4 heteroatoms. The number of carbonyl (C=O) groups is 1. The van der Waals surface area contributed by atoms with Gasteiger partial charge in [-0.15, -0.1) is 0 Å². The van der Waals surface area contributed by atoms with Crippen LogP contribution in [0.4, 0.5) is 5.69 Å². The first-order valence-electron chi connectivity index (χ1n) is 8.13. The smallest absolute Gasteiger partial charge is 0.261 e. The summed E-state index contributed by atoms with van der Waals surface area (Å²) in [7, 11) is 0. The first-order valence-corrected chi connectivity index (χ1v) is 8.13. The third kappa shape index (κ3) is 3.38. The van der Waals surface area contributed by atoms with Gasteiger partial charge in [0.25, 0.3) is 11.5 Å². The Morgan fingerprint density at radius 3 is 2.24 bits per heavy atom. The number of nitrogens with one attached hydrogen (secondary N) is 2. The monoisotopic (exact) mass is 332 g/mol. The number of H-pyrrole nitrogens is 1. The molecule has 0 atom stereocenters. The zero-order valence-corrected chi connectivity index (χ0v) is 14.5. The van der Waals surface area contributed by atoms with Gasteiger partial charge in [0.05, 0.1) is 0 Å². The van der Waals surface area contributed by atoms with Gasteiger partial charge in [0.1, 0.15) is 5.56 Å². The third-order valence-electron chi connectivity index (χ3n) is 4.19. The molecule has 1 aromatic heterocycles. The standard InChI is InChI=1S/C21H20N2O2/c1-13-11-14(2)19(15(3)12-13)23-21(25)18-17(9-10-22-20(18)24)16-7-5-4-6-8-16/h4-12H,1-3H3,(H,22,24)(H,23,25). The quantitative estimate of drug-likeness (QED) is 0.754. The Hall–Kier alpha value is -3.14. The normalized spacial score (nSPS) is 10.5. The highest BCUT2D eigenvalue weighted by molar-refractivity contribution is 6.09. The molecule has 25 heavy (non-hydrogen) atoms. The number of rotatable bonds is 3. The van der Waals surface area contributed by atoms with E-state index in [0.29, 0.717) is 5.56 Å². The average Bonchev–Trinajstić information content (AvgIpc) is 2.58. The highest BCUT2D eigenvalue weighted by Gasteiger charge is 2.18. The van der Waals surface area contributed by atoms with E-state index in [1.54, 1.807) is 12.3 Å². The van der Waals surface area contributed by atoms with Crippen LogP contribution in [0.1, 0.15) is 27.0 Å². The van der Waals surface area contributed by atoms with Crippen molar-refractivity contribution in [3.63, 3.8) is 0 Å². The van der Waals surface area contributed by atoms with E-state index in [1.165, 1.54) is 0 Å². The van der Waals surface area contributed by atoms with E-state index in [4.69, 9.17) is 0 Å². The van der Waals surface area contributed by atoms with Crippen LogP contribution in [0.15, 0.2) is 59.5 Å². The number of benzene rings is 2. The van der Waals surface area contributed by atoms with Crippen LogP contribution >= 0.6 is 0 Å². The van der Waals surface area contributed by atoms with Crippen molar-refractivity contribution in [2.24, 2.45) is 0 Å². The van der Waals surface area contributed by atoms with Gasteiger partial charge in [-0.2, -0.15) is 0 Å². The van der Waals surface area contributed by atoms with Gasteiger partial charge in [-0.3, -0.25) is 9.59 Å². The molecule has 3 aromatic rings. The first kappa shape index (κ1) is 16.7. The third-order valence-corrected chi connectivity index (χ3v) is 4.19. The highest BCUT2D eigenvalue weighted by Crippen LogP contribution is 2.25. The Bertz CT molecular complexity index is 965. The molecule has 0 bridgehead atoms. The van der Waals surface area contributed by atoms with Crippen LogP contribution in [-0.2, 0) is 0 Å². The van der Waals surface area contributed by atoms with Crippen molar-refractivity contribution in [3.05, 3.63) is 87.3 Å². The maximum Gasteiger partial charge on any atom is 0.261 e. The van der Waals surface area contributed by atoms with Gasteiger partial charge in [-0.05, 0) is 43.5 Å². The molecule has 3 rings (SSSR count). The average molecular weight is 332 g/mol. The number of hydrogen-bond donors (Lipinski definition) is 2. The van der Waals surface area contributed by atoms with Gasteiger partial charge >= 0.3 is 0 Å². The minimum Gasteiger partial charge on any atom is -0.328 e. The largest absolute Gasteiger partial charge is 0.328 e. The van der Waals surface area contributed by atoms with Crippen molar-refractivity contribution in [1.82, 2.24) is 4.98 Å². The van der Waals surface area contributed by atoms with Crippen LogP contribution in [-0.4, -0.2) is 10.9 Å². The zero-order chi connectivity index (χ0) is 18.0. The number of hydrogen-bond acceptors (Lipinski definition) is 2. The molecule has 0 saturated carbocycles. The molecule has 0 spiro atoms. The van der Waals surface area contributed by atoms with Crippen LogP contribution in [0.3, 0.4) is 0 Å². The Balaban J connectivity index is 2.06. The number of carbonyl (C=O) groups excluding carboxylic acids is 1. The number of anilines is 1. The summed E-state index contributed by atoms with van der Waals surface area (Å²) >= 11 is 0. The molecule has 0 aliphatic heterocycles.